The van der Waals surface area contributed by atoms with Gasteiger partial charge in [-0.1, -0.05) is 6.07 Å². The van der Waals surface area contributed by atoms with Crippen molar-refractivity contribution in [3.8, 4) is 0 Å². The molecule has 2 fully saturated rings. The van der Waals surface area contributed by atoms with Crippen molar-refractivity contribution in [1.29, 1.82) is 0 Å². The number of hydrogen-bond donors (Lipinski definition) is 0. The van der Waals surface area contributed by atoms with Crippen molar-refractivity contribution in [2.24, 2.45) is 7.05 Å². The SMILES string of the molecule is Cn1c(CN2CCCC2)nc2ccc(B3OC(C)(C)C(C)(C)O3)cc21. The highest BCUT2D eigenvalue weighted by Gasteiger charge is 2.51. The molecule has 0 spiro atoms. The minimum Gasteiger partial charge on any atom is -0.399 e. The van der Waals surface area contributed by atoms with Crippen molar-refractivity contribution in [3.05, 3.63) is 24.0 Å². The van der Waals surface area contributed by atoms with Crippen molar-refractivity contribution in [2.75, 3.05) is 13.1 Å². The Hall–Kier alpha value is -1.37. The smallest absolute Gasteiger partial charge is 0.399 e. The Balaban J connectivity index is 1.63. The number of fused-ring (bicyclic) bond motifs is 1. The third kappa shape index (κ3) is 2.90. The Morgan fingerprint density at radius 1 is 1.08 bits per heavy atom. The van der Waals surface area contributed by atoms with Crippen LogP contribution in [0.5, 0.6) is 0 Å². The largest absolute Gasteiger partial charge is 0.494 e. The molecule has 0 saturated carbocycles. The third-order valence-electron chi connectivity index (χ3n) is 6.09. The second kappa shape index (κ2) is 5.83. The molecule has 4 rings (SSSR count). The van der Waals surface area contributed by atoms with Gasteiger partial charge in [-0.3, -0.25) is 4.90 Å². The topological polar surface area (TPSA) is 39.5 Å². The predicted octanol–water partition coefficient (Wildman–Crippen LogP) is 2.47. The van der Waals surface area contributed by atoms with Gasteiger partial charge in [-0.25, -0.2) is 4.98 Å². The van der Waals surface area contributed by atoms with Gasteiger partial charge in [0.1, 0.15) is 5.82 Å². The van der Waals surface area contributed by atoms with E-state index < -0.39 is 0 Å². The summed E-state index contributed by atoms with van der Waals surface area (Å²) in [6, 6.07) is 6.33. The third-order valence-corrected chi connectivity index (χ3v) is 6.09. The first-order valence-electron chi connectivity index (χ1n) is 9.30. The van der Waals surface area contributed by atoms with E-state index in [1.165, 1.54) is 25.9 Å². The fourth-order valence-corrected chi connectivity index (χ4v) is 3.66. The zero-order valence-corrected chi connectivity index (χ0v) is 16.0. The molecule has 0 atom stereocenters. The normalized spacial score (nSPS) is 23.0. The summed E-state index contributed by atoms with van der Waals surface area (Å²) in [5.41, 5.74) is 2.60. The highest BCUT2D eigenvalue weighted by atomic mass is 16.7. The summed E-state index contributed by atoms with van der Waals surface area (Å²) in [5.74, 6) is 1.13. The van der Waals surface area contributed by atoms with Crippen LogP contribution >= 0.6 is 0 Å². The second-order valence-corrected chi connectivity index (χ2v) is 8.41. The van der Waals surface area contributed by atoms with Gasteiger partial charge in [0.25, 0.3) is 0 Å². The van der Waals surface area contributed by atoms with Crippen molar-refractivity contribution in [2.45, 2.75) is 58.3 Å². The van der Waals surface area contributed by atoms with Crippen molar-refractivity contribution in [3.63, 3.8) is 0 Å². The fraction of sp³-hybridized carbons (Fsp3) is 0.632. The molecule has 3 heterocycles. The lowest BCUT2D eigenvalue weighted by Crippen LogP contribution is -2.41. The van der Waals surface area contributed by atoms with E-state index in [9.17, 15) is 0 Å². The number of nitrogens with zero attached hydrogens (tertiary/aromatic N) is 3. The molecule has 0 radical (unpaired) electrons. The number of imidazole rings is 1. The van der Waals surface area contributed by atoms with Crippen LogP contribution in [0.4, 0.5) is 0 Å². The van der Waals surface area contributed by atoms with Gasteiger partial charge in [-0.15, -0.1) is 0 Å². The van der Waals surface area contributed by atoms with Gasteiger partial charge < -0.3 is 13.9 Å². The number of aromatic nitrogens is 2. The zero-order chi connectivity index (χ0) is 17.8. The molecular formula is C19H28BN3O2. The summed E-state index contributed by atoms with van der Waals surface area (Å²) in [6.45, 7) is 11.6. The Labute approximate surface area is 150 Å². The molecule has 0 N–H and O–H groups in total. The molecule has 1 aromatic carbocycles. The molecule has 25 heavy (non-hydrogen) atoms. The Morgan fingerprint density at radius 3 is 2.36 bits per heavy atom. The van der Waals surface area contributed by atoms with Gasteiger partial charge in [-0.05, 0) is 71.2 Å². The number of likely N-dealkylation sites (tertiary alicyclic amines) is 1. The van der Waals surface area contributed by atoms with Crippen molar-refractivity contribution >= 4 is 23.6 Å². The van der Waals surface area contributed by atoms with Crippen LogP contribution in [0, 0.1) is 0 Å². The Kier molecular flexibility index (Phi) is 3.98. The summed E-state index contributed by atoms with van der Waals surface area (Å²) >= 11 is 0. The summed E-state index contributed by atoms with van der Waals surface area (Å²) < 4.78 is 14.6. The van der Waals surface area contributed by atoms with Crippen LogP contribution < -0.4 is 5.46 Å². The van der Waals surface area contributed by atoms with Crippen molar-refractivity contribution < 1.29 is 9.31 Å². The molecule has 2 aromatic rings. The van der Waals surface area contributed by atoms with E-state index in [0.717, 1.165) is 28.9 Å². The van der Waals surface area contributed by atoms with Gasteiger partial charge >= 0.3 is 7.12 Å². The first kappa shape index (κ1) is 17.1. The first-order chi connectivity index (χ1) is 11.8. The monoisotopic (exact) mass is 341 g/mol. The van der Waals surface area contributed by atoms with Gasteiger partial charge in [0.15, 0.2) is 0 Å². The average molecular weight is 341 g/mol. The lowest BCUT2D eigenvalue weighted by Gasteiger charge is -2.32. The number of benzene rings is 1. The summed E-state index contributed by atoms with van der Waals surface area (Å²) in [6.07, 6.45) is 2.60. The highest BCUT2D eigenvalue weighted by molar-refractivity contribution is 6.62. The van der Waals surface area contributed by atoms with Crippen LogP contribution in [0.2, 0.25) is 0 Å². The minimum absolute atomic E-state index is 0.319. The molecule has 2 saturated heterocycles. The molecule has 134 valence electrons. The van der Waals surface area contributed by atoms with Crippen LogP contribution in [-0.2, 0) is 22.9 Å². The van der Waals surface area contributed by atoms with E-state index in [-0.39, 0.29) is 18.3 Å². The van der Waals surface area contributed by atoms with Crippen LogP contribution in [0.3, 0.4) is 0 Å². The maximum atomic E-state index is 6.19. The van der Waals surface area contributed by atoms with Crippen LogP contribution in [0.1, 0.15) is 46.4 Å². The molecule has 2 aliphatic rings. The van der Waals surface area contributed by atoms with E-state index in [2.05, 4.69) is 62.4 Å². The molecule has 6 heteroatoms. The van der Waals surface area contributed by atoms with Gasteiger partial charge in [0.05, 0.1) is 28.8 Å². The maximum Gasteiger partial charge on any atom is 0.494 e. The number of hydrogen-bond acceptors (Lipinski definition) is 4. The predicted molar refractivity (Wildman–Crippen MR) is 101 cm³/mol. The molecule has 5 nitrogen and oxygen atoms in total. The van der Waals surface area contributed by atoms with E-state index in [1.807, 2.05) is 0 Å². The molecule has 0 amide bonds. The summed E-state index contributed by atoms with van der Waals surface area (Å²) in [7, 11) is 1.78. The standard InChI is InChI=1S/C19H28BN3O2/c1-18(2)19(3,4)25-20(24-18)14-8-9-15-16(12-14)22(5)17(21-15)13-23-10-6-7-11-23/h8-9,12H,6-7,10-11,13H2,1-5H3. The first-order valence-corrected chi connectivity index (χ1v) is 9.30. The molecular weight excluding hydrogens is 313 g/mol. The van der Waals surface area contributed by atoms with Crippen LogP contribution in [0.15, 0.2) is 18.2 Å². The van der Waals surface area contributed by atoms with Crippen LogP contribution in [-0.4, -0.2) is 45.9 Å². The molecule has 0 bridgehead atoms. The summed E-state index contributed by atoms with van der Waals surface area (Å²) in [5, 5.41) is 0. The zero-order valence-electron chi connectivity index (χ0n) is 16.0. The number of rotatable bonds is 3. The van der Waals surface area contributed by atoms with E-state index in [0.29, 0.717) is 0 Å². The van der Waals surface area contributed by atoms with E-state index >= 15 is 0 Å². The minimum atomic E-state index is -0.327. The summed E-state index contributed by atoms with van der Waals surface area (Å²) in [4.78, 5) is 7.32. The van der Waals surface area contributed by atoms with Gasteiger partial charge in [0, 0.05) is 7.05 Å². The lowest BCUT2D eigenvalue weighted by molar-refractivity contribution is 0.00578. The molecule has 0 unspecified atom stereocenters. The quantitative estimate of drug-likeness (QED) is 0.804. The van der Waals surface area contributed by atoms with Crippen molar-refractivity contribution in [1.82, 2.24) is 14.5 Å². The highest BCUT2D eigenvalue weighted by Crippen LogP contribution is 2.36. The Morgan fingerprint density at radius 2 is 1.72 bits per heavy atom. The average Bonchev–Trinajstić information content (AvgIpc) is 3.20. The van der Waals surface area contributed by atoms with Gasteiger partial charge in [0.2, 0.25) is 0 Å². The van der Waals surface area contributed by atoms with E-state index in [4.69, 9.17) is 14.3 Å². The lowest BCUT2D eigenvalue weighted by atomic mass is 9.79. The van der Waals surface area contributed by atoms with E-state index in [1.54, 1.807) is 0 Å². The molecule has 2 aliphatic heterocycles. The van der Waals surface area contributed by atoms with Crippen LogP contribution in [0.25, 0.3) is 11.0 Å². The second-order valence-electron chi connectivity index (χ2n) is 8.41. The van der Waals surface area contributed by atoms with Gasteiger partial charge in [-0.2, -0.15) is 0 Å². The molecule has 1 aromatic heterocycles. The maximum absolute atomic E-state index is 6.19. The molecule has 0 aliphatic carbocycles. The fourth-order valence-electron chi connectivity index (χ4n) is 3.66. The number of aryl methyl sites for hydroxylation is 1. The Bertz CT molecular complexity index is 777.